The number of carbonyl (C=O) groups is 1. The van der Waals surface area contributed by atoms with Gasteiger partial charge in [0.05, 0.1) is 5.75 Å². The second-order valence-corrected chi connectivity index (χ2v) is 8.25. The van der Waals surface area contributed by atoms with Crippen LogP contribution >= 0.6 is 23.1 Å². The maximum atomic E-state index is 12.5. The molecule has 0 atom stereocenters. The monoisotopic (exact) mass is 349 g/mol. The summed E-state index contributed by atoms with van der Waals surface area (Å²) in [5, 5.41) is 2.07. The van der Waals surface area contributed by atoms with E-state index in [-0.39, 0.29) is 5.91 Å². The first-order chi connectivity index (χ1) is 11.2. The second kappa shape index (κ2) is 7.62. The molecule has 3 heterocycles. The molecular formula is C17H23N3OS2. The summed E-state index contributed by atoms with van der Waals surface area (Å²) in [7, 11) is 0. The number of nitrogens with zero attached hydrogens (tertiary/aromatic N) is 3. The van der Waals surface area contributed by atoms with Crippen LogP contribution in [-0.4, -0.2) is 39.6 Å². The maximum absolute atomic E-state index is 12.5. The number of thioether (sulfide) groups is 1. The van der Waals surface area contributed by atoms with Crippen molar-refractivity contribution in [3.63, 3.8) is 0 Å². The summed E-state index contributed by atoms with van der Waals surface area (Å²) in [6, 6.07) is 0. The molecule has 0 aliphatic carbocycles. The van der Waals surface area contributed by atoms with E-state index in [1.54, 1.807) is 29.4 Å². The minimum absolute atomic E-state index is 0.244. The van der Waals surface area contributed by atoms with Crippen LogP contribution in [0.2, 0.25) is 0 Å². The van der Waals surface area contributed by atoms with Crippen LogP contribution in [0.1, 0.15) is 42.5 Å². The smallest absolute Gasteiger partial charge is 0.232 e. The fraction of sp³-hybridized carbons (Fsp3) is 0.588. The standard InChI is InChI=1S/C17H23N3OS2/c1-12-13(2)23-17-15(12)16(18-11-19-17)22-10-14(21)20-8-6-4-3-5-7-9-20/h11H,3-10H2,1-2H3. The first kappa shape index (κ1) is 16.7. The molecule has 124 valence electrons. The van der Waals surface area contributed by atoms with Crippen LogP contribution in [0, 0.1) is 13.8 Å². The van der Waals surface area contributed by atoms with E-state index < -0.39 is 0 Å². The molecule has 2 aromatic heterocycles. The average Bonchev–Trinajstić information content (AvgIpc) is 2.80. The van der Waals surface area contributed by atoms with Crippen molar-refractivity contribution in [2.45, 2.75) is 51.0 Å². The number of aryl methyl sites for hydroxylation is 2. The van der Waals surface area contributed by atoms with E-state index in [1.165, 1.54) is 29.7 Å². The molecule has 0 unspecified atom stereocenters. The van der Waals surface area contributed by atoms with E-state index in [0.717, 1.165) is 41.2 Å². The molecule has 4 nitrogen and oxygen atoms in total. The van der Waals surface area contributed by atoms with Gasteiger partial charge in [-0.05, 0) is 32.3 Å². The number of hydrogen-bond donors (Lipinski definition) is 0. The normalized spacial score (nSPS) is 16.3. The minimum atomic E-state index is 0.244. The molecule has 1 saturated heterocycles. The summed E-state index contributed by atoms with van der Waals surface area (Å²) in [5.41, 5.74) is 1.24. The lowest BCUT2D eigenvalue weighted by Crippen LogP contribution is -2.35. The third-order valence-corrected chi connectivity index (χ3v) is 6.56. The van der Waals surface area contributed by atoms with Crippen LogP contribution in [0.5, 0.6) is 0 Å². The topological polar surface area (TPSA) is 46.1 Å². The molecule has 0 bridgehead atoms. The van der Waals surface area contributed by atoms with Crippen LogP contribution in [0.4, 0.5) is 0 Å². The highest BCUT2D eigenvalue weighted by atomic mass is 32.2. The van der Waals surface area contributed by atoms with E-state index in [9.17, 15) is 4.79 Å². The van der Waals surface area contributed by atoms with Crippen molar-refractivity contribution < 1.29 is 4.79 Å². The van der Waals surface area contributed by atoms with Gasteiger partial charge in [-0.25, -0.2) is 9.97 Å². The van der Waals surface area contributed by atoms with Crippen molar-refractivity contribution in [1.82, 2.24) is 14.9 Å². The van der Waals surface area contributed by atoms with E-state index >= 15 is 0 Å². The van der Waals surface area contributed by atoms with Crippen molar-refractivity contribution in [1.29, 1.82) is 0 Å². The van der Waals surface area contributed by atoms with Crippen LogP contribution < -0.4 is 0 Å². The molecule has 0 aromatic carbocycles. The van der Waals surface area contributed by atoms with E-state index in [1.807, 2.05) is 4.90 Å². The van der Waals surface area contributed by atoms with Gasteiger partial charge in [-0.1, -0.05) is 31.0 Å². The largest absolute Gasteiger partial charge is 0.342 e. The van der Waals surface area contributed by atoms with Gasteiger partial charge in [0, 0.05) is 23.4 Å². The van der Waals surface area contributed by atoms with Gasteiger partial charge in [-0.15, -0.1) is 11.3 Å². The first-order valence-corrected chi connectivity index (χ1v) is 10.1. The Kier molecular flexibility index (Phi) is 5.54. The molecule has 3 rings (SSSR count). The van der Waals surface area contributed by atoms with Crippen LogP contribution in [-0.2, 0) is 4.79 Å². The third kappa shape index (κ3) is 3.86. The first-order valence-electron chi connectivity index (χ1n) is 8.28. The summed E-state index contributed by atoms with van der Waals surface area (Å²) >= 11 is 3.26. The molecule has 0 spiro atoms. The van der Waals surface area contributed by atoms with E-state index in [2.05, 4.69) is 23.8 Å². The zero-order chi connectivity index (χ0) is 16.2. The SMILES string of the molecule is Cc1sc2ncnc(SCC(=O)N3CCCCCCC3)c2c1C. The Morgan fingerprint density at radius 3 is 2.61 bits per heavy atom. The molecule has 1 aliphatic rings. The molecule has 23 heavy (non-hydrogen) atoms. The Bertz CT molecular complexity index is 690. The van der Waals surface area contributed by atoms with Gasteiger partial charge in [0.2, 0.25) is 5.91 Å². The van der Waals surface area contributed by atoms with Crippen LogP contribution in [0.15, 0.2) is 11.4 Å². The van der Waals surface area contributed by atoms with Gasteiger partial charge in [-0.2, -0.15) is 0 Å². The molecule has 0 saturated carbocycles. The van der Waals surface area contributed by atoms with Gasteiger partial charge in [0.15, 0.2) is 0 Å². The van der Waals surface area contributed by atoms with E-state index in [0.29, 0.717) is 5.75 Å². The van der Waals surface area contributed by atoms with Crippen molar-refractivity contribution in [2.75, 3.05) is 18.8 Å². The van der Waals surface area contributed by atoms with E-state index in [4.69, 9.17) is 0 Å². The number of aromatic nitrogens is 2. The molecule has 0 N–H and O–H groups in total. The minimum Gasteiger partial charge on any atom is -0.342 e. The summed E-state index contributed by atoms with van der Waals surface area (Å²) in [6.45, 7) is 6.05. The highest BCUT2D eigenvalue weighted by Gasteiger charge is 2.17. The number of amides is 1. The second-order valence-electron chi connectivity index (χ2n) is 6.08. The van der Waals surface area contributed by atoms with Crippen LogP contribution in [0.25, 0.3) is 10.2 Å². The Labute approximate surface area is 145 Å². The molecular weight excluding hydrogens is 326 g/mol. The van der Waals surface area contributed by atoms with Crippen molar-refractivity contribution >= 4 is 39.2 Å². The molecule has 6 heteroatoms. The maximum Gasteiger partial charge on any atom is 0.232 e. The number of fused-ring (bicyclic) bond motifs is 1. The third-order valence-electron chi connectivity index (χ3n) is 4.47. The van der Waals surface area contributed by atoms with Crippen molar-refractivity contribution in [3.05, 3.63) is 16.8 Å². The Hall–Kier alpha value is -1.14. The summed E-state index contributed by atoms with van der Waals surface area (Å²) < 4.78 is 0. The lowest BCUT2D eigenvalue weighted by molar-refractivity contribution is -0.128. The number of hydrogen-bond acceptors (Lipinski definition) is 5. The fourth-order valence-corrected chi connectivity index (χ4v) is 5.00. The quantitative estimate of drug-likeness (QED) is 0.616. The Morgan fingerprint density at radius 1 is 1.17 bits per heavy atom. The predicted octanol–water partition coefficient (Wildman–Crippen LogP) is 4.19. The Balaban J connectivity index is 1.69. The van der Waals surface area contributed by atoms with Gasteiger partial charge in [0.25, 0.3) is 0 Å². The number of carbonyl (C=O) groups excluding carboxylic acids is 1. The fourth-order valence-electron chi connectivity index (χ4n) is 2.98. The van der Waals surface area contributed by atoms with Gasteiger partial charge in [-0.3, -0.25) is 4.79 Å². The summed E-state index contributed by atoms with van der Waals surface area (Å²) in [4.78, 5) is 25.6. The lowest BCUT2D eigenvalue weighted by Gasteiger charge is -2.24. The van der Waals surface area contributed by atoms with Gasteiger partial charge in [0.1, 0.15) is 16.2 Å². The zero-order valence-corrected chi connectivity index (χ0v) is 15.4. The molecule has 1 amide bonds. The number of likely N-dealkylation sites (tertiary alicyclic amines) is 1. The molecule has 1 fully saturated rings. The van der Waals surface area contributed by atoms with Crippen LogP contribution in [0.3, 0.4) is 0 Å². The highest BCUT2D eigenvalue weighted by Crippen LogP contribution is 2.34. The lowest BCUT2D eigenvalue weighted by atomic mass is 10.1. The number of thiophene rings is 1. The highest BCUT2D eigenvalue weighted by molar-refractivity contribution is 8.00. The van der Waals surface area contributed by atoms with Gasteiger partial charge < -0.3 is 4.90 Å². The van der Waals surface area contributed by atoms with Crippen molar-refractivity contribution in [2.24, 2.45) is 0 Å². The average molecular weight is 350 g/mol. The molecule has 0 radical (unpaired) electrons. The predicted molar refractivity (Wildman–Crippen MR) is 97.3 cm³/mol. The summed E-state index contributed by atoms with van der Waals surface area (Å²) in [5.74, 6) is 0.716. The summed E-state index contributed by atoms with van der Waals surface area (Å²) in [6.07, 6.45) is 7.69. The molecule has 2 aromatic rings. The number of rotatable bonds is 3. The Morgan fingerprint density at radius 2 is 1.87 bits per heavy atom. The zero-order valence-electron chi connectivity index (χ0n) is 13.8. The van der Waals surface area contributed by atoms with Crippen molar-refractivity contribution in [3.8, 4) is 0 Å². The molecule has 1 aliphatic heterocycles. The van der Waals surface area contributed by atoms with Gasteiger partial charge >= 0.3 is 0 Å².